The van der Waals surface area contributed by atoms with Gasteiger partial charge in [0, 0.05) is 38.4 Å². The van der Waals surface area contributed by atoms with Gasteiger partial charge in [-0.1, -0.05) is 23.8 Å². The Morgan fingerprint density at radius 3 is 2.77 bits per heavy atom. The van der Waals surface area contributed by atoms with E-state index in [-0.39, 0.29) is 12.0 Å². The third-order valence-electron chi connectivity index (χ3n) is 5.39. The summed E-state index contributed by atoms with van der Waals surface area (Å²) in [5, 5.41) is 4.47. The lowest BCUT2D eigenvalue weighted by Gasteiger charge is -2.22. The zero-order valence-corrected chi connectivity index (χ0v) is 16.1. The molecule has 0 radical (unpaired) electrons. The SMILES string of the molecule is Cc1ccc2c(c1)CCC2NS(=O)(=O)c1cn(C)nc1C1CCOCC1. The second kappa shape index (κ2) is 6.79. The standard InChI is InChI=1S/C19H25N3O3S/c1-13-3-5-16-15(11-13)4-6-17(16)21-26(23,24)18-12-22(2)20-19(18)14-7-9-25-10-8-14/h3,5,11-12,14,17,21H,4,6-10H2,1-2H3. The highest BCUT2D eigenvalue weighted by Gasteiger charge is 2.32. The number of nitrogens with one attached hydrogen (secondary N) is 1. The second-order valence-electron chi connectivity index (χ2n) is 7.35. The topological polar surface area (TPSA) is 73.2 Å². The molecule has 1 unspecified atom stereocenters. The third kappa shape index (κ3) is 3.31. The zero-order valence-electron chi connectivity index (χ0n) is 15.2. The zero-order chi connectivity index (χ0) is 18.3. The first-order valence-corrected chi connectivity index (χ1v) is 10.7. The molecule has 26 heavy (non-hydrogen) atoms. The normalized spacial score (nSPS) is 21.1. The molecule has 140 valence electrons. The molecule has 2 aromatic rings. The van der Waals surface area contributed by atoms with Gasteiger partial charge in [0.2, 0.25) is 10.0 Å². The van der Waals surface area contributed by atoms with E-state index in [9.17, 15) is 8.42 Å². The van der Waals surface area contributed by atoms with Gasteiger partial charge in [-0.2, -0.15) is 5.10 Å². The summed E-state index contributed by atoms with van der Waals surface area (Å²) in [4.78, 5) is 0.312. The maximum absolute atomic E-state index is 13.1. The second-order valence-corrected chi connectivity index (χ2v) is 9.04. The van der Waals surface area contributed by atoms with E-state index in [0.29, 0.717) is 23.8 Å². The molecule has 2 aliphatic rings. The van der Waals surface area contributed by atoms with E-state index >= 15 is 0 Å². The third-order valence-corrected chi connectivity index (χ3v) is 6.88. The maximum Gasteiger partial charge on any atom is 0.244 e. The molecule has 0 amide bonds. The lowest BCUT2D eigenvalue weighted by Crippen LogP contribution is -2.28. The Hall–Kier alpha value is -1.70. The summed E-state index contributed by atoms with van der Waals surface area (Å²) in [5.74, 6) is 0.134. The number of ether oxygens (including phenoxy) is 1. The van der Waals surface area contributed by atoms with E-state index in [1.807, 2.05) is 12.1 Å². The molecule has 1 saturated heterocycles. The van der Waals surface area contributed by atoms with Crippen molar-refractivity contribution in [3.05, 3.63) is 46.8 Å². The van der Waals surface area contributed by atoms with Gasteiger partial charge in [-0.3, -0.25) is 4.68 Å². The number of sulfonamides is 1. The van der Waals surface area contributed by atoms with Crippen LogP contribution in [-0.4, -0.2) is 31.4 Å². The quantitative estimate of drug-likeness (QED) is 0.891. The van der Waals surface area contributed by atoms with Crippen LogP contribution in [0.5, 0.6) is 0 Å². The van der Waals surface area contributed by atoms with Gasteiger partial charge in [-0.25, -0.2) is 13.1 Å². The van der Waals surface area contributed by atoms with Gasteiger partial charge in [-0.05, 0) is 43.7 Å². The van der Waals surface area contributed by atoms with Crippen molar-refractivity contribution >= 4 is 10.0 Å². The number of nitrogens with zero attached hydrogens (tertiary/aromatic N) is 2. The number of hydrogen-bond acceptors (Lipinski definition) is 4. The van der Waals surface area contributed by atoms with Crippen LogP contribution in [0.25, 0.3) is 0 Å². The molecule has 1 atom stereocenters. The Bertz CT molecular complexity index is 914. The average Bonchev–Trinajstić information content (AvgIpc) is 3.19. The first kappa shape index (κ1) is 17.7. The number of hydrogen-bond donors (Lipinski definition) is 1. The maximum atomic E-state index is 13.1. The van der Waals surface area contributed by atoms with Crippen molar-refractivity contribution in [3.8, 4) is 0 Å². The fourth-order valence-electron chi connectivity index (χ4n) is 4.06. The van der Waals surface area contributed by atoms with Crippen LogP contribution in [0.1, 0.15) is 53.6 Å². The molecule has 1 aromatic carbocycles. The molecule has 4 rings (SSSR count). The van der Waals surface area contributed by atoms with Crippen molar-refractivity contribution in [2.24, 2.45) is 7.05 Å². The van der Waals surface area contributed by atoms with E-state index in [2.05, 4.69) is 22.8 Å². The molecule has 0 spiro atoms. The number of rotatable bonds is 4. The molecular weight excluding hydrogens is 350 g/mol. The van der Waals surface area contributed by atoms with Crippen LogP contribution in [0.2, 0.25) is 0 Å². The Kier molecular flexibility index (Phi) is 4.62. The molecule has 1 aromatic heterocycles. The van der Waals surface area contributed by atoms with Crippen LogP contribution in [0.3, 0.4) is 0 Å². The highest BCUT2D eigenvalue weighted by Crippen LogP contribution is 2.35. The van der Waals surface area contributed by atoms with Gasteiger partial charge in [0.1, 0.15) is 4.90 Å². The van der Waals surface area contributed by atoms with E-state index in [0.717, 1.165) is 31.2 Å². The van der Waals surface area contributed by atoms with Gasteiger partial charge in [0.05, 0.1) is 5.69 Å². The van der Waals surface area contributed by atoms with Crippen LogP contribution in [0, 0.1) is 6.92 Å². The summed E-state index contributed by atoms with van der Waals surface area (Å²) in [6.45, 7) is 3.38. The van der Waals surface area contributed by atoms with Crippen LogP contribution in [0.15, 0.2) is 29.3 Å². The summed E-state index contributed by atoms with van der Waals surface area (Å²) in [6, 6.07) is 6.08. The van der Waals surface area contributed by atoms with Crippen LogP contribution in [-0.2, 0) is 28.2 Å². The predicted molar refractivity (Wildman–Crippen MR) is 98.6 cm³/mol. The minimum Gasteiger partial charge on any atom is -0.381 e. The summed E-state index contributed by atoms with van der Waals surface area (Å²) >= 11 is 0. The van der Waals surface area contributed by atoms with Crippen molar-refractivity contribution in [1.82, 2.24) is 14.5 Å². The van der Waals surface area contributed by atoms with Gasteiger partial charge >= 0.3 is 0 Å². The predicted octanol–water partition coefficient (Wildman–Crippen LogP) is 2.59. The molecule has 0 saturated carbocycles. The molecule has 7 heteroatoms. The summed E-state index contributed by atoms with van der Waals surface area (Å²) in [5.41, 5.74) is 4.22. The van der Waals surface area contributed by atoms with Gasteiger partial charge < -0.3 is 4.74 Å². The van der Waals surface area contributed by atoms with Crippen molar-refractivity contribution in [2.45, 2.75) is 49.5 Å². The Morgan fingerprint density at radius 2 is 2.00 bits per heavy atom. The summed E-state index contributed by atoms with van der Waals surface area (Å²) in [7, 11) is -1.86. The summed E-state index contributed by atoms with van der Waals surface area (Å²) < 4.78 is 36.2. The van der Waals surface area contributed by atoms with Gasteiger partial charge in [-0.15, -0.1) is 0 Å². The average molecular weight is 375 g/mol. The van der Waals surface area contributed by atoms with Gasteiger partial charge in [0.25, 0.3) is 0 Å². The number of fused-ring (bicyclic) bond motifs is 1. The lowest BCUT2D eigenvalue weighted by atomic mass is 9.97. The highest BCUT2D eigenvalue weighted by atomic mass is 32.2. The van der Waals surface area contributed by atoms with Crippen LogP contribution in [0.4, 0.5) is 0 Å². The van der Waals surface area contributed by atoms with Crippen molar-refractivity contribution in [3.63, 3.8) is 0 Å². The molecule has 6 nitrogen and oxygen atoms in total. The molecule has 1 fully saturated rings. The van der Waals surface area contributed by atoms with E-state index < -0.39 is 10.0 Å². The smallest absolute Gasteiger partial charge is 0.244 e. The van der Waals surface area contributed by atoms with Gasteiger partial charge in [0.15, 0.2) is 0 Å². The first-order valence-electron chi connectivity index (χ1n) is 9.17. The molecule has 2 heterocycles. The first-order chi connectivity index (χ1) is 12.4. The van der Waals surface area contributed by atoms with Crippen molar-refractivity contribution in [2.75, 3.05) is 13.2 Å². The highest BCUT2D eigenvalue weighted by molar-refractivity contribution is 7.89. The summed E-state index contributed by atoms with van der Waals surface area (Å²) in [6.07, 6.45) is 4.95. The van der Waals surface area contributed by atoms with E-state index in [1.165, 1.54) is 11.1 Å². The largest absolute Gasteiger partial charge is 0.381 e. The van der Waals surface area contributed by atoms with Crippen LogP contribution < -0.4 is 4.72 Å². The number of aromatic nitrogens is 2. The van der Waals surface area contributed by atoms with E-state index in [4.69, 9.17) is 4.74 Å². The molecule has 0 bridgehead atoms. The fourth-order valence-corrected chi connectivity index (χ4v) is 5.58. The lowest BCUT2D eigenvalue weighted by molar-refractivity contribution is 0.0838. The Morgan fingerprint density at radius 1 is 1.23 bits per heavy atom. The molecule has 1 N–H and O–H groups in total. The fraction of sp³-hybridized carbons (Fsp3) is 0.526. The number of benzene rings is 1. The Balaban J connectivity index is 1.62. The molecule has 1 aliphatic heterocycles. The van der Waals surface area contributed by atoms with Crippen molar-refractivity contribution < 1.29 is 13.2 Å². The monoisotopic (exact) mass is 375 g/mol. The minimum atomic E-state index is -3.63. The molecule has 1 aliphatic carbocycles. The Labute approximate surface area is 154 Å². The number of aryl methyl sites for hydroxylation is 3. The van der Waals surface area contributed by atoms with E-state index in [1.54, 1.807) is 17.9 Å². The van der Waals surface area contributed by atoms with Crippen LogP contribution >= 0.6 is 0 Å². The molecular formula is C19H25N3O3S. The van der Waals surface area contributed by atoms with Crippen molar-refractivity contribution in [1.29, 1.82) is 0 Å². The minimum absolute atomic E-state index is 0.134.